The predicted molar refractivity (Wildman–Crippen MR) is 71.8 cm³/mol. The molecule has 0 spiro atoms. The van der Waals surface area contributed by atoms with Crippen LogP contribution in [-0.2, 0) is 4.74 Å². The van der Waals surface area contributed by atoms with Crippen LogP contribution in [0, 0.1) is 6.92 Å². The molecule has 0 saturated heterocycles. The number of H-pyrrole nitrogens is 1. The maximum Gasteiger partial charge on any atom is 0.139 e. The van der Waals surface area contributed by atoms with E-state index in [2.05, 4.69) is 4.98 Å². The van der Waals surface area contributed by atoms with Gasteiger partial charge in [-0.2, -0.15) is 0 Å². The van der Waals surface area contributed by atoms with E-state index >= 15 is 0 Å². The third kappa shape index (κ3) is 2.25. The van der Waals surface area contributed by atoms with E-state index in [-0.39, 0.29) is 12.4 Å². The van der Waals surface area contributed by atoms with Gasteiger partial charge in [0.2, 0.25) is 0 Å². The lowest BCUT2D eigenvalue weighted by molar-refractivity contribution is 0.243. The van der Waals surface area contributed by atoms with Crippen molar-refractivity contribution in [1.29, 1.82) is 0 Å². The number of rotatable bonds is 3. The molecule has 0 fully saturated rings. The Labute approximate surface area is 105 Å². The highest BCUT2D eigenvalue weighted by atomic mass is 16.5. The smallest absolute Gasteiger partial charge is 0.139 e. The van der Waals surface area contributed by atoms with E-state index in [1.165, 1.54) is 0 Å². The van der Waals surface area contributed by atoms with Crippen molar-refractivity contribution in [3.8, 4) is 5.75 Å². The summed E-state index contributed by atoms with van der Waals surface area (Å²) in [5.74, 6) is 0.217. The number of aromatic amines is 1. The summed E-state index contributed by atoms with van der Waals surface area (Å²) in [5, 5.41) is 21.7. The fraction of sp³-hybridized carbons (Fsp3) is 0.286. The number of phenolic OH excluding ortho intramolecular Hbond substituents is 1. The number of aliphatic hydroxyl groups is 1. The zero-order valence-corrected chi connectivity index (χ0v) is 10.5. The van der Waals surface area contributed by atoms with Crippen molar-refractivity contribution in [2.24, 2.45) is 0 Å². The average Bonchev–Trinajstić information content (AvgIpc) is 2.66. The molecule has 1 aromatic carbocycles. The molecule has 18 heavy (non-hydrogen) atoms. The summed E-state index contributed by atoms with van der Waals surface area (Å²) in [6.07, 6.45) is 3.61. The number of aromatic hydroxyl groups is 1. The molecule has 1 heterocycles. The van der Waals surface area contributed by atoms with Gasteiger partial charge in [0, 0.05) is 23.1 Å². The van der Waals surface area contributed by atoms with Crippen molar-refractivity contribution in [2.45, 2.75) is 6.92 Å². The summed E-state index contributed by atoms with van der Waals surface area (Å²) in [5.41, 5.74) is 1.66. The molecule has 4 heteroatoms. The van der Waals surface area contributed by atoms with Crippen LogP contribution in [0.1, 0.15) is 5.56 Å². The van der Waals surface area contributed by atoms with E-state index in [9.17, 15) is 5.11 Å². The van der Waals surface area contributed by atoms with E-state index in [4.69, 9.17) is 9.84 Å². The highest BCUT2D eigenvalue weighted by Crippen LogP contribution is 2.21. The van der Waals surface area contributed by atoms with Crippen LogP contribution in [-0.4, -0.2) is 35.5 Å². The van der Waals surface area contributed by atoms with Gasteiger partial charge < -0.3 is 19.9 Å². The number of aliphatic hydroxyl groups excluding tert-OH is 1. The van der Waals surface area contributed by atoms with Crippen LogP contribution in [0.2, 0.25) is 0 Å². The normalized spacial score (nSPS) is 13.7. The molecule has 0 saturated carbocycles. The van der Waals surface area contributed by atoms with E-state index < -0.39 is 0 Å². The van der Waals surface area contributed by atoms with Gasteiger partial charge in [0.15, 0.2) is 0 Å². The lowest BCUT2D eigenvalue weighted by atomic mass is 10.1. The number of methoxy groups -OCH3 is 1. The number of hydrogen-bond donors (Lipinski definition) is 3. The minimum Gasteiger partial charge on any atom is -0.506 e. The predicted octanol–water partition coefficient (Wildman–Crippen LogP) is 0.382. The van der Waals surface area contributed by atoms with E-state index in [1.807, 2.05) is 19.1 Å². The van der Waals surface area contributed by atoms with Gasteiger partial charge in [-0.1, -0.05) is 0 Å². The maximum atomic E-state index is 9.93. The number of nitrogens with one attached hydrogen (secondary N) is 1. The van der Waals surface area contributed by atoms with Gasteiger partial charge in [0.05, 0.1) is 18.7 Å². The molecule has 0 aliphatic carbocycles. The first-order chi connectivity index (χ1) is 8.67. The molecule has 0 aliphatic heterocycles. The van der Waals surface area contributed by atoms with Crippen LogP contribution in [0.25, 0.3) is 23.1 Å². The quantitative estimate of drug-likeness (QED) is 0.734. The minimum absolute atomic E-state index is 0.0462. The molecule has 0 radical (unpaired) electrons. The summed E-state index contributed by atoms with van der Waals surface area (Å²) in [6.45, 7) is 2.35. The van der Waals surface area contributed by atoms with Gasteiger partial charge in [0.1, 0.15) is 5.75 Å². The van der Waals surface area contributed by atoms with Gasteiger partial charge in [-0.25, -0.2) is 0 Å². The molecule has 1 aromatic heterocycles. The largest absolute Gasteiger partial charge is 0.506 e. The van der Waals surface area contributed by atoms with Gasteiger partial charge in [0.25, 0.3) is 0 Å². The molecule has 2 aromatic rings. The first-order valence-electron chi connectivity index (χ1n) is 5.79. The topological polar surface area (TPSA) is 65.5 Å². The number of aromatic nitrogens is 1. The molecule has 0 unspecified atom stereocenters. The summed E-state index contributed by atoms with van der Waals surface area (Å²) in [6, 6.07) is 3.69. The number of benzene rings is 1. The SMILES string of the molecule is COC/C=c1/[nH]c2c(O)cc(C)cc2/c1=C/CO. The fourth-order valence-electron chi connectivity index (χ4n) is 2.10. The number of aryl methyl sites for hydroxylation is 1. The zero-order valence-electron chi connectivity index (χ0n) is 10.5. The van der Waals surface area contributed by atoms with Crippen LogP contribution >= 0.6 is 0 Å². The Balaban J connectivity index is 2.85. The second kappa shape index (κ2) is 5.25. The van der Waals surface area contributed by atoms with Crippen LogP contribution < -0.4 is 10.6 Å². The Morgan fingerprint density at radius 1 is 1.33 bits per heavy atom. The van der Waals surface area contributed by atoms with Gasteiger partial charge in [-0.15, -0.1) is 0 Å². The first kappa shape index (κ1) is 12.7. The van der Waals surface area contributed by atoms with Crippen LogP contribution in [0.15, 0.2) is 12.1 Å². The molecule has 3 N–H and O–H groups in total. The van der Waals surface area contributed by atoms with E-state index in [0.717, 1.165) is 21.5 Å². The molecule has 96 valence electrons. The van der Waals surface area contributed by atoms with Crippen molar-refractivity contribution >= 4 is 23.1 Å². The number of fused-ring (bicyclic) bond motifs is 1. The zero-order chi connectivity index (χ0) is 13.1. The summed E-state index contributed by atoms with van der Waals surface area (Å²) in [4.78, 5) is 3.15. The fourth-order valence-corrected chi connectivity index (χ4v) is 2.10. The lowest BCUT2D eigenvalue weighted by Crippen LogP contribution is -2.24. The summed E-state index contributed by atoms with van der Waals surface area (Å²) >= 11 is 0. The van der Waals surface area contributed by atoms with Crippen LogP contribution in [0.3, 0.4) is 0 Å². The number of phenols is 1. The standard InChI is InChI=1S/C14H17NO3/c1-9-7-11-10(3-5-16)12(4-6-18-2)15-14(11)13(17)8-9/h3-4,7-8,15-17H,5-6H2,1-2H3/b10-3-,12-4+. The number of hydrogen-bond acceptors (Lipinski definition) is 3. The van der Waals surface area contributed by atoms with Crippen molar-refractivity contribution in [2.75, 3.05) is 20.3 Å². The van der Waals surface area contributed by atoms with E-state index in [1.54, 1.807) is 19.3 Å². The second-order valence-electron chi connectivity index (χ2n) is 4.21. The van der Waals surface area contributed by atoms with Gasteiger partial charge in [-0.3, -0.25) is 0 Å². The molecule has 2 rings (SSSR count). The molecular formula is C14H17NO3. The monoisotopic (exact) mass is 247 g/mol. The molecule has 4 nitrogen and oxygen atoms in total. The molecule has 0 amide bonds. The third-order valence-corrected chi connectivity index (χ3v) is 2.85. The molecule has 0 atom stereocenters. The number of ether oxygens (including phenoxy) is 1. The average molecular weight is 247 g/mol. The third-order valence-electron chi connectivity index (χ3n) is 2.85. The Morgan fingerprint density at radius 3 is 2.78 bits per heavy atom. The Kier molecular flexibility index (Phi) is 3.69. The second-order valence-corrected chi connectivity index (χ2v) is 4.21. The molecular weight excluding hydrogens is 230 g/mol. The highest BCUT2D eigenvalue weighted by molar-refractivity contribution is 5.87. The minimum atomic E-state index is -0.0462. The van der Waals surface area contributed by atoms with Crippen LogP contribution in [0.4, 0.5) is 0 Å². The van der Waals surface area contributed by atoms with Crippen molar-refractivity contribution in [3.63, 3.8) is 0 Å². The lowest BCUT2D eigenvalue weighted by Gasteiger charge is -1.97. The molecule has 0 aliphatic rings. The van der Waals surface area contributed by atoms with E-state index in [0.29, 0.717) is 12.1 Å². The van der Waals surface area contributed by atoms with Crippen molar-refractivity contribution < 1.29 is 14.9 Å². The Bertz CT molecular complexity index is 670. The molecule has 0 bridgehead atoms. The highest BCUT2D eigenvalue weighted by Gasteiger charge is 2.05. The first-order valence-corrected chi connectivity index (χ1v) is 5.79. The van der Waals surface area contributed by atoms with Crippen LogP contribution in [0.5, 0.6) is 5.75 Å². The van der Waals surface area contributed by atoms with Crippen molar-refractivity contribution in [1.82, 2.24) is 4.98 Å². The summed E-state index contributed by atoms with van der Waals surface area (Å²) < 4.78 is 5.01. The maximum absolute atomic E-state index is 9.93. The summed E-state index contributed by atoms with van der Waals surface area (Å²) in [7, 11) is 1.62. The van der Waals surface area contributed by atoms with Crippen molar-refractivity contribution in [3.05, 3.63) is 28.3 Å². The van der Waals surface area contributed by atoms with Gasteiger partial charge >= 0.3 is 0 Å². The Morgan fingerprint density at radius 2 is 2.11 bits per heavy atom. The Hall–Kier alpha value is -1.78. The van der Waals surface area contributed by atoms with Gasteiger partial charge in [-0.05, 0) is 36.8 Å².